The van der Waals surface area contributed by atoms with E-state index in [4.69, 9.17) is 0 Å². The van der Waals surface area contributed by atoms with Crippen LogP contribution < -0.4 is 0 Å². The second-order valence-electron chi connectivity index (χ2n) is 5.40. The Morgan fingerprint density at radius 2 is 0.833 bits per heavy atom. The lowest BCUT2D eigenvalue weighted by Crippen LogP contribution is -1.90. The van der Waals surface area contributed by atoms with E-state index in [0.717, 1.165) is 15.2 Å². The average Bonchev–Trinajstić information content (AvgIpc) is 2.35. The van der Waals surface area contributed by atoms with Crippen LogP contribution in [0.5, 0.6) is 0 Å². The highest BCUT2D eigenvalue weighted by Gasteiger charge is 1.95. The lowest BCUT2D eigenvalue weighted by atomic mass is 10.1. The van der Waals surface area contributed by atoms with Crippen molar-refractivity contribution in [3.05, 3.63) is 0 Å². The summed E-state index contributed by atoms with van der Waals surface area (Å²) >= 11 is 0.794. The van der Waals surface area contributed by atoms with Gasteiger partial charge in [0.1, 0.15) is 0 Å². The molecule has 0 bridgehead atoms. The number of hydrogen-bond acceptors (Lipinski definition) is 0. The molecule has 0 aliphatic heterocycles. The van der Waals surface area contributed by atoms with Crippen LogP contribution in [0.3, 0.4) is 0 Å². The summed E-state index contributed by atoms with van der Waals surface area (Å²) in [6.45, 7) is 4.59. The van der Waals surface area contributed by atoms with Crippen molar-refractivity contribution >= 4 is 25.1 Å². The fraction of sp³-hybridized carbons (Fsp3) is 1.00. The molecule has 0 nitrogen and oxygen atoms in total. The molecule has 18 heavy (non-hydrogen) atoms. The molecular formula is C16H37AlP. The highest BCUT2D eigenvalue weighted by Crippen LogP contribution is 2.10. The lowest BCUT2D eigenvalue weighted by molar-refractivity contribution is 0.618. The van der Waals surface area contributed by atoms with Gasteiger partial charge in [-0.15, -0.1) is 10.6 Å². The Balaban J connectivity index is 0. The Labute approximate surface area is 126 Å². The summed E-state index contributed by atoms with van der Waals surface area (Å²) in [6.07, 6.45) is 17.6. The topological polar surface area (TPSA) is 0 Å². The van der Waals surface area contributed by atoms with Gasteiger partial charge in [-0.2, -0.15) is 9.90 Å². The minimum atomic E-state index is 0. The van der Waals surface area contributed by atoms with Gasteiger partial charge in [0.05, 0.1) is 0 Å². The maximum atomic E-state index is 2.30. The summed E-state index contributed by atoms with van der Waals surface area (Å²) in [6, 6.07) is 0. The Morgan fingerprint density at radius 1 is 0.500 bits per heavy atom. The van der Waals surface area contributed by atoms with Gasteiger partial charge in [0, 0.05) is 0 Å². The molecule has 0 spiro atoms. The van der Waals surface area contributed by atoms with Crippen molar-refractivity contribution in [3.63, 3.8) is 0 Å². The molecule has 1 atom stereocenters. The second-order valence-corrected chi connectivity index (χ2v) is 7.13. The largest absolute Gasteiger partial charge is 0.199 e. The van der Waals surface area contributed by atoms with Gasteiger partial charge < -0.3 is 0 Å². The van der Waals surface area contributed by atoms with Gasteiger partial charge in [0.2, 0.25) is 0 Å². The maximum Gasteiger partial charge on any atom is 0.199 e. The molecule has 0 aliphatic carbocycles. The molecule has 0 saturated heterocycles. The van der Waals surface area contributed by atoms with Gasteiger partial charge in [0.25, 0.3) is 0 Å². The first kappa shape index (κ1) is 21.3. The van der Waals surface area contributed by atoms with Crippen molar-refractivity contribution in [3.8, 4) is 0 Å². The Morgan fingerprint density at radius 3 is 1.22 bits per heavy atom. The number of unbranched alkanes of at least 4 members (excludes halogenated alkanes) is 10. The van der Waals surface area contributed by atoms with Gasteiger partial charge >= 0.3 is 0 Å². The predicted molar refractivity (Wildman–Crippen MR) is 93.2 cm³/mol. The molecule has 0 amide bonds. The van der Waals surface area contributed by atoms with Crippen LogP contribution in [0.2, 0.25) is 10.6 Å². The number of rotatable bonds is 14. The van der Waals surface area contributed by atoms with Crippen LogP contribution in [0.15, 0.2) is 0 Å². The van der Waals surface area contributed by atoms with E-state index in [1.54, 1.807) is 10.6 Å². The monoisotopic (exact) mass is 287 g/mol. The average molecular weight is 287 g/mol. The van der Waals surface area contributed by atoms with Crippen molar-refractivity contribution in [2.75, 3.05) is 0 Å². The van der Waals surface area contributed by atoms with E-state index in [0.29, 0.717) is 0 Å². The molecule has 0 fully saturated rings. The van der Waals surface area contributed by atoms with E-state index in [-0.39, 0.29) is 9.90 Å². The summed E-state index contributed by atoms with van der Waals surface area (Å²) in [5.74, 6) is 0. The van der Waals surface area contributed by atoms with E-state index in [2.05, 4.69) is 13.8 Å². The van der Waals surface area contributed by atoms with Gasteiger partial charge in [-0.25, -0.2) is 0 Å². The molecule has 0 aromatic carbocycles. The quantitative estimate of drug-likeness (QED) is 0.199. The first-order valence-electron chi connectivity index (χ1n) is 8.23. The summed E-state index contributed by atoms with van der Waals surface area (Å²) in [7, 11) is 0. The van der Waals surface area contributed by atoms with Crippen LogP contribution in [-0.4, -0.2) is 15.2 Å². The van der Waals surface area contributed by atoms with E-state index >= 15 is 0 Å². The van der Waals surface area contributed by atoms with Gasteiger partial charge in [-0.3, -0.25) is 0 Å². The van der Waals surface area contributed by atoms with Crippen molar-refractivity contribution in [1.29, 1.82) is 0 Å². The normalized spacial score (nSPS) is 10.1. The predicted octanol–water partition coefficient (Wildman–Crippen LogP) is 6.31. The minimum Gasteiger partial charge on any atom is -0.153 e. The van der Waals surface area contributed by atoms with Gasteiger partial charge in [0.15, 0.2) is 15.2 Å². The van der Waals surface area contributed by atoms with Gasteiger partial charge in [-0.05, 0) is 0 Å². The molecular weight excluding hydrogens is 250 g/mol. The zero-order chi connectivity index (χ0) is 12.6. The standard InChI is InChI=1S/2C8H17.Al.H3P/c2*1-3-5-7-8-6-4-2;;/h2*1,3-8H2,2H3;;1H3. The first-order chi connectivity index (χ1) is 8.41. The van der Waals surface area contributed by atoms with Crippen molar-refractivity contribution < 1.29 is 0 Å². The fourth-order valence-electron chi connectivity index (χ4n) is 2.28. The fourth-order valence-corrected chi connectivity index (χ4v) is 3.73. The van der Waals surface area contributed by atoms with Crippen molar-refractivity contribution in [2.24, 2.45) is 0 Å². The number of hydrogen-bond donors (Lipinski definition) is 0. The van der Waals surface area contributed by atoms with E-state index in [1.807, 2.05) is 0 Å². The minimum absolute atomic E-state index is 0. The Hall–Kier alpha value is 0.962. The van der Waals surface area contributed by atoms with E-state index in [1.165, 1.54) is 77.0 Å². The molecule has 0 heterocycles. The molecule has 0 aromatic heterocycles. The second kappa shape index (κ2) is 20.3. The van der Waals surface area contributed by atoms with E-state index in [9.17, 15) is 0 Å². The lowest BCUT2D eigenvalue weighted by Gasteiger charge is -2.01. The van der Waals surface area contributed by atoms with Crippen LogP contribution >= 0.6 is 9.90 Å². The molecule has 1 radical (unpaired) electrons. The smallest absolute Gasteiger partial charge is 0.153 e. The highest BCUT2D eigenvalue weighted by atomic mass is 31.0. The molecule has 109 valence electrons. The van der Waals surface area contributed by atoms with Crippen LogP contribution in [0.25, 0.3) is 0 Å². The zero-order valence-corrected chi connectivity index (χ0v) is 15.8. The molecule has 0 saturated carbocycles. The zero-order valence-electron chi connectivity index (χ0n) is 13.2. The molecule has 1 unspecified atom stereocenters. The molecule has 0 rings (SSSR count). The first-order valence-corrected chi connectivity index (χ1v) is 9.86. The van der Waals surface area contributed by atoms with Crippen LogP contribution in [-0.2, 0) is 0 Å². The Kier molecular flexibility index (Phi) is 24.0. The third-order valence-electron chi connectivity index (χ3n) is 3.52. The summed E-state index contributed by atoms with van der Waals surface area (Å²) < 4.78 is 0. The molecule has 2 heteroatoms. The molecule has 0 aromatic rings. The Bertz CT molecular complexity index is 114. The van der Waals surface area contributed by atoms with Crippen LogP contribution in [0.4, 0.5) is 0 Å². The third-order valence-corrected chi connectivity index (χ3v) is 5.16. The van der Waals surface area contributed by atoms with Crippen LogP contribution in [0, 0.1) is 0 Å². The van der Waals surface area contributed by atoms with Gasteiger partial charge in [-0.1, -0.05) is 90.9 Å². The maximum absolute atomic E-state index is 2.30. The van der Waals surface area contributed by atoms with Crippen LogP contribution in [0.1, 0.15) is 90.9 Å². The SMILES string of the molecule is CCCCCCC[CH2][Al][CH2]CCCCCCC.P. The molecule has 0 N–H and O–H groups in total. The highest BCUT2D eigenvalue weighted by molar-refractivity contribution is 6.92. The van der Waals surface area contributed by atoms with Crippen molar-refractivity contribution in [2.45, 2.75) is 101 Å². The third kappa shape index (κ3) is 19.3. The summed E-state index contributed by atoms with van der Waals surface area (Å²) in [4.78, 5) is 0. The molecule has 0 aliphatic rings. The van der Waals surface area contributed by atoms with Crippen molar-refractivity contribution in [1.82, 2.24) is 0 Å². The summed E-state index contributed by atoms with van der Waals surface area (Å²) in [5.41, 5.74) is 0. The summed E-state index contributed by atoms with van der Waals surface area (Å²) in [5, 5.41) is 3.14. The van der Waals surface area contributed by atoms with E-state index < -0.39 is 0 Å².